The third kappa shape index (κ3) is 17.2. The zero-order valence-corrected chi connectivity index (χ0v) is 14.8. The summed E-state index contributed by atoms with van der Waals surface area (Å²) in [7, 11) is -3.88. The van der Waals surface area contributed by atoms with Crippen LogP contribution >= 0.6 is 0 Å². The standard InChI is InChI=1S/C10H24N2.C7H8O3S/c11-9-7-5-3-1-2-4-6-8-10-12;8-11(9,10)6-7-4-2-1-3-5-7/h1-12H2;1-5H,6H2,(H,8,9,10). The summed E-state index contributed by atoms with van der Waals surface area (Å²) < 4.78 is 29.2. The molecular formula is C17H32N2O3S. The molecular weight excluding hydrogens is 312 g/mol. The fourth-order valence-corrected chi connectivity index (χ4v) is 2.75. The quantitative estimate of drug-likeness (QED) is 0.422. The molecule has 0 aliphatic heterocycles. The van der Waals surface area contributed by atoms with Crippen molar-refractivity contribution in [1.29, 1.82) is 0 Å². The van der Waals surface area contributed by atoms with Gasteiger partial charge in [-0.1, -0.05) is 68.9 Å². The summed E-state index contributed by atoms with van der Waals surface area (Å²) in [6, 6.07) is 8.52. The summed E-state index contributed by atoms with van der Waals surface area (Å²) in [6.07, 6.45) is 10.5. The van der Waals surface area contributed by atoms with Crippen molar-refractivity contribution >= 4 is 10.1 Å². The van der Waals surface area contributed by atoms with E-state index in [-0.39, 0.29) is 5.75 Å². The largest absolute Gasteiger partial charge is 0.330 e. The molecule has 0 spiro atoms. The van der Waals surface area contributed by atoms with E-state index in [4.69, 9.17) is 16.0 Å². The fraction of sp³-hybridized carbons (Fsp3) is 0.647. The van der Waals surface area contributed by atoms with Gasteiger partial charge < -0.3 is 11.5 Å². The molecule has 0 bridgehead atoms. The van der Waals surface area contributed by atoms with Gasteiger partial charge in [0.15, 0.2) is 0 Å². The molecule has 0 unspecified atom stereocenters. The maximum Gasteiger partial charge on any atom is 0.269 e. The molecule has 1 rings (SSSR count). The van der Waals surface area contributed by atoms with Crippen LogP contribution in [0.25, 0.3) is 0 Å². The van der Waals surface area contributed by atoms with Crippen LogP contribution in [0.15, 0.2) is 30.3 Å². The molecule has 5 N–H and O–H groups in total. The Bertz CT molecular complexity index is 454. The van der Waals surface area contributed by atoms with Gasteiger partial charge >= 0.3 is 0 Å². The molecule has 1 aromatic rings. The Morgan fingerprint density at radius 3 is 1.48 bits per heavy atom. The average Bonchev–Trinajstić information content (AvgIpc) is 2.50. The van der Waals surface area contributed by atoms with E-state index in [0.29, 0.717) is 5.56 Å². The molecule has 0 fully saturated rings. The minimum atomic E-state index is -3.88. The van der Waals surface area contributed by atoms with Crippen LogP contribution in [0.5, 0.6) is 0 Å². The maximum absolute atomic E-state index is 10.4. The smallest absolute Gasteiger partial charge is 0.269 e. The van der Waals surface area contributed by atoms with E-state index in [0.717, 1.165) is 13.1 Å². The number of rotatable bonds is 11. The second-order valence-electron chi connectivity index (χ2n) is 5.62. The Morgan fingerprint density at radius 2 is 1.13 bits per heavy atom. The lowest BCUT2D eigenvalue weighted by Gasteiger charge is -2.00. The van der Waals surface area contributed by atoms with E-state index in [1.807, 2.05) is 0 Å². The summed E-state index contributed by atoms with van der Waals surface area (Å²) >= 11 is 0. The van der Waals surface area contributed by atoms with Gasteiger partial charge in [0.05, 0.1) is 0 Å². The van der Waals surface area contributed by atoms with Gasteiger partial charge in [0.25, 0.3) is 10.1 Å². The molecule has 0 amide bonds. The van der Waals surface area contributed by atoms with Gasteiger partial charge in [-0.15, -0.1) is 0 Å². The molecule has 5 nitrogen and oxygen atoms in total. The van der Waals surface area contributed by atoms with Crippen molar-refractivity contribution in [3.05, 3.63) is 35.9 Å². The number of hydrogen-bond acceptors (Lipinski definition) is 4. The Morgan fingerprint density at radius 1 is 0.739 bits per heavy atom. The second-order valence-corrected chi connectivity index (χ2v) is 7.07. The van der Waals surface area contributed by atoms with Gasteiger partial charge in [-0.2, -0.15) is 8.42 Å². The monoisotopic (exact) mass is 344 g/mol. The van der Waals surface area contributed by atoms with Crippen LogP contribution in [0.2, 0.25) is 0 Å². The third-order valence-corrected chi connectivity index (χ3v) is 4.05. The van der Waals surface area contributed by atoms with Crippen LogP contribution in [0.3, 0.4) is 0 Å². The highest BCUT2D eigenvalue weighted by Crippen LogP contribution is 2.07. The van der Waals surface area contributed by atoms with Crippen molar-refractivity contribution in [2.45, 2.75) is 57.1 Å². The second kappa shape index (κ2) is 14.6. The number of benzene rings is 1. The first-order valence-electron chi connectivity index (χ1n) is 8.39. The average molecular weight is 345 g/mol. The molecule has 0 aliphatic carbocycles. The van der Waals surface area contributed by atoms with Crippen molar-refractivity contribution in [2.75, 3.05) is 13.1 Å². The third-order valence-electron chi connectivity index (χ3n) is 3.35. The van der Waals surface area contributed by atoms with Crippen molar-refractivity contribution in [2.24, 2.45) is 11.5 Å². The highest BCUT2D eigenvalue weighted by Gasteiger charge is 2.04. The number of unbranched alkanes of at least 4 members (excludes halogenated alkanes) is 7. The molecule has 23 heavy (non-hydrogen) atoms. The van der Waals surface area contributed by atoms with Gasteiger partial charge in [-0.25, -0.2) is 0 Å². The van der Waals surface area contributed by atoms with E-state index in [1.165, 1.54) is 51.4 Å². The van der Waals surface area contributed by atoms with Crippen LogP contribution in [0.4, 0.5) is 0 Å². The predicted octanol–water partition coefficient (Wildman–Crippen LogP) is 3.10. The number of hydrogen-bond donors (Lipinski definition) is 3. The topological polar surface area (TPSA) is 106 Å². The first kappa shape index (κ1) is 22.1. The first-order valence-corrected chi connectivity index (χ1v) is 9.99. The van der Waals surface area contributed by atoms with Gasteiger partial charge in [0.2, 0.25) is 0 Å². The molecule has 0 saturated carbocycles. The SMILES string of the molecule is NCCCCCCCCCCN.O=S(=O)(O)Cc1ccccc1. The van der Waals surface area contributed by atoms with Crippen LogP contribution in [0, 0.1) is 0 Å². The van der Waals surface area contributed by atoms with E-state index in [2.05, 4.69) is 0 Å². The summed E-state index contributed by atoms with van der Waals surface area (Å²) in [5, 5.41) is 0. The van der Waals surface area contributed by atoms with E-state index >= 15 is 0 Å². The van der Waals surface area contributed by atoms with Gasteiger partial charge in [0, 0.05) is 0 Å². The van der Waals surface area contributed by atoms with Crippen molar-refractivity contribution in [3.8, 4) is 0 Å². The van der Waals surface area contributed by atoms with Crippen LogP contribution in [0.1, 0.15) is 56.9 Å². The molecule has 0 atom stereocenters. The normalized spacial score (nSPS) is 10.9. The van der Waals surface area contributed by atoms with Crippen LogP contribution in [-0.2, 0) is 15.9 Å². The number of nitrogens with two attached hydrogens (primary N) is 2. The maximum atomic E-state index is 10.4. The lowest BCUT2D eigenvalue weighted by molar-refractivity contribution is 0.482. The Hall–Kier alpha value is -0.950. The van der Waals surface area contributed by atoms with E-state index in [1.54, 1.807) is 30.3 Å². The summed E-state index contributed by atoms with van der Waals surface area (Å²) in [5.41, 5.74) is 11.4. The minimum Gasteiger partial charge on any atom is -0.330 e. The van der Waals surface area contributed by atoms with Crippen molar-refractivity contribution in [1.82, 2.24) is 0 Å². The summed E-state index contributed by atoms with van der Waals surface area (Å²) in [5.74, 6) is -0.312. The zero-order chi connectivity index (χ0) is 17.4. The summed E-state index contributed by atoms with van der Waals surface area (Å²) in [4.78, 5) is 0. The van der Waals surface area contributed by atoms with Crippen LogP contribution in [-0.4, -0.2) is 26.1 Å². The molecule has 0 aliphatic rings. The van der Waals surface area contributed by atoms with Crippen molar-refractivity contribution in [3.63, 3.8) is 0 Å². The van der Waals surface area contributed by atoms with Crippen molar-refractivity contribution < 1.29 is 13.0 Å². The molecule has 134 valence electrons. The Balaban J connectivity index is 0.000000422. The Labute approximate surface area is 141 Å². The minimum absolute atomic E-state index is 0.312. The van der Waals surface area contributed by atoms with Gasteiger partial charge in [-0.3, -0.25) is 4.55 Å². The molecule has 1 aromatic carbocycles. The summed E-state index contributed by atoms with van der Waals surface area (Å²) in [6.45, 7) is 1.71. The zero-order valence-electron chi connectivity index (χ0n) is 14.0. The molecule has 0 radical (unpaired) electrons. The lowest BCUT2D eigenvalue weighted by Crippen LogP contribution is -2.00. The van der Waals surface area contributed by atoms with Crippen LogP contribution < -0.4 is 11.5 Å². The Kier molecular flexibility index (Phi) is 14.0. The fourth-order valence-electron chi connectivity index (χ4n) is 2.13. The molecule has 6 heteroatoms. The van der Waals surface area contributed by atoms with E-state index in [9.17, 15) is 8.42 Å². The lowest BCUT2D eigenvalue weighted by atomic mass is 10.1. The molecule has 0 heterocycles. The van der Waals surface area contributed by atoms with Gasteiger partial charge in [-0.05, 0) is 31.5 Å². The van der Waals surface area contributed by atoms with E-state index < -0.39 is 10.1 Å². The molecule has 0 aromatic heterocycles. The highest BCUT2D eigenvalue weighted by atomic mass is 32.2. The van der Waals surface area contributed by atoms with Gasteiger partial charge in [0.1, 0.15) is 5.75 Å². The molecule has 0 saturated heterocycles. The first-order chi connectivity index (χ1) is 11.0. The predicted molar refractivity (Wildman–Crippen MR) is 96.7 cm³/mol. The highest BCUT2D eigenvalue weighted by molar-refractivity contribution is 7.85.